The van der Waals surface area contributed by atoms with Crippen molar-refractivity contribution in [2.24, 2.45) is 0 Å². The van der Waals surface area contributed by atoms with Crippen LogP contribution in [0, 0.1) is 0 Å². The summed E-state index contributed by atoms with van der Waals surface area (Å²) in [7, 11) is 0. The van der Waals surface area contributed by atoms with E-state index in [9.17, 15) is 0 Å². The van der Waals surface area contributed by atoms with Crippen molar-refractivity contribution in [3.05, 3.63) is 34.3 Å². The number of hydrogen-bond acceptors (Lipinski definition) is 1. The monoisotopic (exact) mass is 267 g/mol. The number of rotatable bonds is 4. The predicted molar refractivity (Wildman–Crippen MR) is 68.2 cm³/mol. The van der Waals surface area contributed by atoms with Crippen molar-refractivity contribution in [2.45, 2.75) is 38.1 Å². The molecule has 1 aliphatic carbocycles. The third-order valence-electron chi connectivity index (χ3n) is 3.16. The first kappa shape index (κ1) is 11.2. The second kappa shape index (κ2) is 5.13. The zero-order valence-electron chi connectivity index (χ0n) is 9.17. The van der Waals surface area contributed by atoms with E-state index in [1.54, 1.807) is 0 Å². The van der Waals surface area contributed by atoms with E-state index in [1.165, 1.54) is 29.3 Å². The van der Waals surface area contributed by atoms with Crippen molar-refractivity contribution >= 4 is 15.9 Å². The van der Waals surface area contributed by atoms with Crippen LogP contribution in [0.4, 0.5) is 0 Å². The maximum atomic E-state index is 3.57. The molecular weight excluding hydrogens is 250 g/mol. The Morgan fingerprint density at radius 3 is 2.53 bits per heavy atom. The summed E-state index contributed by atoms with van der Waals surface area (Å²) < 4.78 is 1.17. The Morgan fingerprint density at radius 1 is 1.27 bits per heavy atom. The van der Waals surface area contributed by atoms with Gasteiger partial charge in [-0.1, -0.05) is 35.0 Å². The molecule has 0 spiro atoms. The van der Waals surface area contributed by atoms with Crippen molar-refractivity contribution < 1.29 is 0 Å². The number of nitrogens with one attached hydrogen (secondary N) is 1. The highest BCUT2D eigenvalue weighted by Gasteiger charge is 2.29. The molecule has 0 radical (unpaired) electrons. The number of halogens is 1. The smallest absolute Gasteiger partial charge is 0.0175 e. The first-order chi connectivity index (χ1) is 7.29. The molecule has 1 aromatic rings. The Labute approximate surface area is 100 Å². The molecule has 1 aromatic carbocycles. The highest BCUT2D eigenvalue weighted by atomic mass is 79.9. The second-order valence-electron chi connectivity index (χ2n) is 4.37. The molecule has 0 saturated heterocycles. The Hall–Kier alpha value is -0.340. The lowest BCUT2D eigenvalue weighted by Gasteiger charge is -2.36. The quantitative estimate of drug-likeness (QED) is 0.878. The summed E-state index contributed by atoms with van der Waals surface area (Å²) in [6.45, 7) is 3.38. The van der Waals surface area contributed by atoms with Crippen LogP contribution in [0.1, 0.15) is 37.7 Å². The van der Waals surface area contributed by atoms with Crippen molar-refractivity contribution in [1.29, 1.82) is 0 Å². The summed E-state index contributed by atoms with van der Waals surface area (Å²) in [5, 5.41) is 3.57. The van der Waals surface area contributed by atoms with E-state index in [1.807, 2.05) is 0 Å². The Balaban J connectivity index is 1.81. The van der Waals surface area contributed by atoms with Crippen molar-refractivity contribution in [3.8, 4) is 0 Å². The van der Waals surface area contributed by atoms with Gasteiger partial charge in [0.2, 0.25) is 0 Å². The van der Waals surface area contributed by atoms with Crippen LogP contribution in [0.3, 0.4) is 0 Å². The molecule has 0 aromatic heterocycles. The minimum absolute atomic E-state index is 0.763. The molecule has 0 amide bonds. The van der Waals surface area contributed by atoms with Crippen LogP contribution in [-0.4, -0.2) is 12.6 Å². The normalized spacial score (nSPS) is 24.9. The van der Waals surface area contributed by atoms with Crippen LogP contribution in [0.15, 0.2) is 28.7 Å². The molecule has 0 heterocycles. The van der Waals surface area contributed by atoms with E-state index in [0.717, 1.165) is 18.5 Å². The summed E-state index contributed by atoms with van der Waals surface area (Å²) in [5.41, 5.74) is 1.49. The topological polar surface area (TPSA) is 12.0 Å². The molecule has 1 aliphatic rings. The van der Waals surface area contributed by atoms with Gasteiger partial charge in [-0.05, 0) is 49.4 Å². The first-order valence-corrected chi connectivity index (χ1v) is 6.57. The summed E-state index contributed by atoms with van der Waals surface area (Å²) in [4.78, 5) is 0. The molecule has 2 rings (SSSR count). The van der Waals surface area contributed by atoms with Gasteiger partial charge in [-0.3, -0.25) is 0 Å². The Kier molecular flexibility index (Phi) is 3.81. The lowest BCUT2D eigenvalue weighted by Crippen LogP contribution is -2.40. The maximum absolute atomic E-state index is 3.57. The van der Waals surface area contributed by atoms with E-state index in [4.69, 9.17) is 0 Å². The fourth-order valence-corrected chi connectivity index (χ4v) is 2.40. The maximum Gasteiger partial charge on any atom is 0.0175 e. The Morgan fingerprint density at radius 2 is 1.93 bits per heavy atom. The average Bonchev–Trinajstić information content (AvgIpc) is 2.18. The lowest BCUT2D eigenvalue weighted by molar-refractivity contribution is 0.292. The molecule has 0 unspecified atom stereocenters. The summed E-state index contributed by atoms with van der Waals surface area (Å²) in [5.74, 6) is 0.785. The molecule has 82 valence electrons. The van der Waals surface area contributed by atoms with E-state index < -0.39 is 0 Å². The molecular formula is C13H18BrN. The SMILES string of the molecule is CCCNC1CC(c2ccc(Br)cc2)C1. The fourth-order valence-electron chi connectivity index (χ4n) is 2.14. The van der Waals surface area contributed by atoms with Crippen molar-refractivity contribution in [3.63, 3.8) is 0 Å². The highest BCUT2D eigenvalue weighted by molar-refractivity contribution is 9.10. The van der Waals surface area contributed by atoms with Crippen LogP contribution in [0.2, 0.25) is 0 Å². The predicted octanol–water partition coefficient (Wildman–Crippen LogP) is 3.69. The van der Waals surface area contributed by atoms with Crippen LogP contribution >= 0.6 is 15.9 Å². The molecule has 15 heavy (non-hydrogen) atoms. The molecule has 2 heteroatoms. The van der Waals surface area contributed by atoms with Crippen LogP contribution in [0.25, 0.3) is 0 Å². The molecule has 0 aliphatic heterocycles. The second-order valence-corrected chi connectivity index (χ2v) is 5.29. The average molecular weight is 268 g/mol. The molecule has 1 fully saturated rings. The lowest BCUT2D eigenvalue weighted by atomic mass is 9.76. The van der Waals surface area contributed by atoms with Gasteiger partial charge in [-0.15, -0.1) is 0 Å². The zero-order chi connectivity index (χ0) is 10.7. The molecule has 1 saturated carbocycles. The largest absolute Gasteiger partial charge is 0.314 e. The molecule has 0 bridgehead atoms. The van der Waals surface area contributed by atoms with E-state index in [0.29, 0.717) is 0 Å². The van der Waals surface area contributed by atoms with E-state index >= 15 is 0 Å². The van der Waals surface area contributed by atoms with Gasteiger partial charge in [0, 0.05) is 10.5 Å². The Bertz CT molecular complexity index is 301. The van der Waals surface area contributed by atoms with E-state index in [-0.39, 0.29) is 0 Å². The summed E-state index contributed by atoms with van der Waals surface area (Å²) >= 11 is 3.47. The fraction of sp³-hybridized carbons (Fsp3) is 0.538. The number of hydrogen-bond donors (Lipinski definition) is 1. The van der Waals surface area contributed by atoms with Gasteiger partial charge in [0.1, 0.15) is 0 Å². The van der Waals surface area contributed by atoms with Gasteiger partial charge in [0.25, 0.3) is 0 Å². The molecule has 1 N–H and O–H groups in total. The van der Waals surface area contributed by atoms with Gasteiger partial charge < -0.3 is 5.32 Å². The third kappa shape index (κ3) is 2.82. The van der Waals surface area contributed by atoms with Crippen molar-refractivity contribution in [2.75, 3.05) is 6.54 Å². The molecule has 0 atom stereocenters. The first-order valence-electron chi connectivity index (χ1n) is 5.78. The van der Waals surface area contributed by atoms with Crippen LogP contribution in [-0.2, 0) is 0 Å². The molecule has 1 nitrogen and oxygen atoms in total. The van der Waals surface area contributed by atoms with Gasteiger partial charge in [-0.25, -0.2) is 0 Å². The van der Waals surface area contributed by atoms with Gasteiger partial charge in [-0.2, -0.15) is 0 Å². The van der Waals surface area contributed by atoms with Gasteiger partial charge in [0.05, 0.1) is 0 Å². The standard InChI is InChI=1S/C13H18BrN/c1-2-7-15-13-8-11(9-13)10-3-5-12(14)6-4-10/h3-6,11,13,15H,2,7-9H2,1H3. The zero-order valence-corrected chi connectivity index (χ0v) is 10.8. The van der Waals surface area contributed by atoms with Crippen LogP contribution < -0.4 is 5.32 Å². The van der Waals surface area contributed by atoms with Gasteiger partial charge >= 0.3 is 0 Å². The summed E-state index contributed by atoms with van der Waals surface area (Å²) in [6.07, 6.45) is 3.85. The number of benzene rings is 1. The minimum atomic E-state index is 0.763. The van der Waals surface area contributed by atoms with Crippen LogP contribution in [0.5, 0.6) is 0 Å². The van der Waals surface area contributed by atoms with Crippen molar-refractivity contribution in [1.82, 2.24) is 5.32 Å². The van der Waals surface area contributed by atoms with E-state index in [2.05, 4.69) is 52.4 Å². The third-order valence-corrected chi connectivity index (χ3v) is 3.69. The minimum Gasteiger partial charge on any atom is -0.314 e. The van der Waals surface area contributed by atoms with Gasteiger partial charge in [0.15, 0.2) is 0 Å². The summed E-state index contributed by atoms with van der Waals surface area (Å²) in [6, 6.07) is 9.53. The highest BCUT2D eigenvalue weighted by Crippen LogP contribution is 2.37.